The van der Waals surface area contributed by atoms with Crippen LogP contribution in [0.5, 0.6) is 0 Å². The molecular formula is C18H17F4NO2. The first-order valence-corrected chi connectivity index (χ1v) is 7.47. The average Bonchev–Trinajstić information content (AvgIpc) is 2.46. The van der Waals surface area contributed by atoms with E-state index in [1.165, 1.54) is 6.07 Å². The van der Waals surface area contributed by atoms with Crippen LogP contribution in [0.4, 0.5) is 17.6 Å². The summed E-state index contributed by atoms with van der Waals surface area (Å²) in [5.74, 6) is -2.85. The Kier molecular flexibility index (Phi) is 5.17. The van der Waals surface area contributed by atoms with E-state index in [4.69, 9.17) is 10.8 Å². The van der Waals surface area contributed by atoms with Crippen LogP contribution in [0.3, 0.4) is 0 Å². The molecule has 0 saturated carbocycles. The molecule has 0 aliphatic rings. The predicted molar refractivity (Wildman–Crippen MR) is 85.5 cm³/mol. The zero-order valence-corrected chi connectivity index (χ0v) is 13.6. The standard InChI is InChI=1S/C18H17F4NO2/c1-9-4-3-5-10(2)16(9)11-6-12(14(23)8-15(24)25)17(19)13(7-11)18(20,21)22/h3-7,14H,8,23H2,1-2H3,(H,24,25). The molecule has 0 amide bonds. The third-order valence-electron chi connectivity index (χ3n) is 3.97. The lowest BCUT2D eigenvalue weighted by Gasteiger charge is -2.19. The van der Waals surface area contributed by atoms with Gasteiger partial charge in [0.2, 0.25) is 0 Å². The van der Waals surface area contributed by atoms with E-state index < -0.39 is 41.6 Å². The van der Waals surface area contributed by atoms with Crippen molar-refractivity contribution in [3.63, 3.8) is 0 Å². The number of carboxylic acid groups (broad SMARTS) is 1. The predicted octanol–water partition coefficient (Wildman–Crippen LogP) is 4.60. The maximum absolute atomic E-state index is 14.4. The van der Waals surface area contributed by atoms with Crippen molar-refractivity contribution in [3.05, 3.63) is 58.4 Å². The second-order valence-electron chi connectivity index (χ2n) is 5.90. The third-order valence-corrected chi connectivity index (χ3v) is 3.97. The minimum atomic E-state index is -4.92. The van der Waals surface area contributed by atoms with Crippen molar-refractivity contribution in [2.75, 3.05) is 0 Å². The van der Waals surface area contributed by atoms with Crippen LogP contribution in [0, 0.1) is 19.7 Å². The molecule has 25 heavy (non-hydrogen) atoms. The molecule has 0 radical (unpaired) electrons. The highest BCUT2D eigenvalue weighted by atomic mass is 19.4. The van der Waals surface area contributed by atoms with E-state index in [9.17, 15) is 22.4 Å². The van der Waals surface area contributed by atoms with Gasteiger partial charge in [-0.05, 0) is 48.2 Å². The van der Waals surface area contributed by atoms with Gasteiger partial charge < -0.3 is 10.8 Å². The summed E-state index contributed by atoms with van der Waals surface area (Å²) in [6.45, 7) is 3.46. The molecule has 2 rings (SSSR count). The lowest BCUT2D eigenvalue weighted by molar-refractivity contribution is -0.140. The molecule has 3 nitrogen and oxygen atoms in total. The molecule has 0 heterocycles. The Labute approximate surface area is 142 Å². The van der Waals surface area contributed by atoms with Gasteiger partial charge in [-0.1, -0.05) is 18.2 Å². The zero-order chi connectivity index (χ0) is 18.9. The van der Waals surface area contributed by atoms with E-state index in [-0.39, 0.29) is 5.56 Å². The highest BCUT2D eigenvalue weighted by Crippen LogP contribution is 2.39. The fraction of sp³-hybridized carbons (Fsp3) is 0.278. The number of alkyl halides is 3. The molecular weight excluding hydrogens is 338 g/mol. The number of halogens is 4. The Morgan fingerprint density at radius 1 is 1.20 bits per heavy atom. The monoisotopic (exact) mass is 355 g/mol. The van der Waals surface area contributed by atoms with Crippen molar-refractivity contribution in [2.24, 2.45) is 5.73 Å². The summed E-state index contributed by atoms with van der Waals surface area (Å²) >= 11 is 0. The first-order chi connectivity index (χ1) is 11.5. The number of hydrogen-bond donors (Lipinski definition) is 2. The second kappa shape index (κ2) is 6.84. The fourth-order valence-corrected chi connectivity index (χ4v) is 2.84. The fourth-order valence-electron chi connectivity index (χ4n) is 2.84. The van der Waals surface area contributed by atoms with E-state index in [0.717, 1.165) is 17.2 Å². The summed E-state index contributed by atoms with van der Waals surface area (Å²) in [6.07, 6.45) is -5.60. The summed E-state index contributed by atoms with van der Waals surface area (Å²) in [7, 11) is 0. The number of carbonyl (C=O) groups is 1. The first kappa shape index (κ1) is 18.9. The molecule has 7 heteroatoms. The number of nitrogens with two attached hydrogens (primary N) is 1. The van der Waals surface area contributed by atoms with E-state index in [1.54, 1.807) is 32.0 Å². The van der Waals surface area contributed by atoms with E-state index in [1.807, 2.05) is 0 Å². The van der Waals surface area contributed by atoms with Gasteiger partial charge in [0.25, 0.3) is 0 Å². The van der Waals surface area contributed by atoms with Gasteiger partial charge in [0.05, 0.1) is 12.0 Å². The Hall–Kier alpha value is -2.41. The lowest BCUT2D eigenvalue weighted by Crippen LogP contribution is -2.19. The van der Waals surface area contributed by atoms with Crippen LogP contribution >= 0.6 is 0 Å². The smallest absolute Gasteiger partial charge is 0.419 e. The quantitative estimate of drug-likeness (QED) is 0.788. The molecule has 2 aromatic carbocycles. The molecule has 134 valence electrons. The van der Waals surface area contributed by atoms with Gasteiger partial charge in [-0.25, -0.2) is 4.39 Å². The molecule has 0 fully saturated rings. The average molecular weight is 355 g/mol. The van der Waals surface area contributed by atoms with Gasteiger partial charge in [-0.15, -0.1) is 0 Å². The SMILES string of the molecule is Cc1cccc(C)c1-c1cc(C(N)CC(=O)O)c(F)c(C(F)(F)F)c1. The number of carboxylic acids is 1. The van der Waals surface area contributed by atoms with Gasteiger partial charge in [0, 0.05) is 11.6 Å². The molecule has 2 aromatic rings. The van der Waals surface area contributed by atoms with Crippen LogP contribution in [0.25, 0.3) is 11.1 Å². The van der Waals surface area contributed by atoms with Gasteiger partial charge in [-0.2, -0.15) is 13.2 Å². The van der Waals surface area contributed by atoms with E-state index >= 15 is 0 Å². The maximum atomic E-state index is 14.4. The van der Waals surface area contributed by atoms with Crippen molar-refractivity contribution in [1.29, 1.82) is 0 Å². The van der Waals surface area contributed by atoms with Crippen LogP contribution in [-0.4, -0.2) is 11.1 Å². The summed E-state index contributed by atoms with van der Waals surface area (Å²) < 4.78 is 54.1. The summed E-state index contributed by atoms with van der Waals surface area (Å²) in [6, 6.07) is 5.78. The minimum absolute atomic E-state index is 0.153. The van der Waals surface area contributed by atoms with Gasteiger partial charge in [0.15, 0.2) is 0 Å². The number of benzene rings is 2. The lowest BCUT2D eigenvalue weighted by atomic mass is 9.90. The van der Waals surface area contributed by atoms with E-state index in [2.05, 4.69) is 0 Å². The molecule has 0 aliphatic carbocycles. The highest BCUT2D eigenvalue weighted by molar-refractivity contribution is 5.73. The van der Waals surface area contributed by atoms with Crippen molar-refractivity contribution in [1.82, 2.24) is 0 Å². The van der Waals surface area contributed by atoms with Crippen molar-refractivity contribution >= 4 is 5.97 Å². The molecule has 0 saturated heterocycles. The normalized spacial score (nSPS) is 12.9. The molecule has 1 unspecified atom stereocenters. The largest absolute Gasteiger partial charge is 0.481 e. The maximum Gasteiger partial charge on any atom is 0.419 e. The molecule has 0 spiro atoms. The van der Waals surface area contributed by atoms with Crippen LogP contribution in [-0.2, 0) is 11.0 Å². The molecule has 1 atom stereocenters. The third kappa shape index (κ3) is 3.99. The zero-order valence-electron chi connectivity index (χ0n) is 13.6. The van der Waals surface area contributed by atoms with Crippen LogP contribution in [0.15, 0.2) is 30.3 Å². The Balaban J connectivity index is 2.76. The summed E-state index contributed by atoms with van der Waals surface area (Å²) in [5.41, 5.74) is 5.86. The summed E-state index contributed by atoms with van der Waals surface area (Å²) in [4.78, 5) is 10.8. The Bertz CT molecular complexity index is 795. The topological polar surface area (TPSA) is 63.3 Å². The number of aryl methyl sites for hydroxylation is 2. The molecule has 0 bridgehead atoms. The van der Waals surface area contributed by atoms with Crippen molar-refractivity contribution in [3.8, 4) is 11.1 Å². The number of aliphatic carboxylic acids is 1. The Morgan fingerprint density at radius 2 is 1.76 bits per heavy atom. The van der Waals surface area contributed by atoms with Crippen molar-refractivity contribution in [2.45, 2.75) is 32.5 Å². The number of rotatable bonds is 4. The van der Waals surface area contributed by atoms with Crippen LogP contribution in [0.2, 0.25) is 0 Å². The van der Waals surface area contributed by atoms with Gasteiger partial charge in [-0.3, -0.25) is 4.79 Å². The highest BCUT2D eigenvalue weighted by Gasteiger charge is 2.36. The Morgan fingerprint density at radius 3 is 2.24 bits per heavy atom. The second-order valence-corrected chi connectivity index (χ2v) is 5.90. The van der Waals surface area contributed by atoms with Crippen molar-refractivity contribution < 1.29 is 27.5 Å². The molecule has 0 aromatic heterocycles. The molecule has 0 aliphatic heterocycles. The van der Waals surface area contributed by atoms with E-state index in [0.29, 0.717) is 5.56 Å². The molecule has 3 N–H and O–H groups in total. The van der Waals surface area contributed by atoms with Gasteiger partial charge in [0.1, 0.15) is 5.82 Å². The minimum Gasteiger partial charge on any atom is -0.481 e. The van der Waals surface area contributed by atoms with Crippen LogP contribution < -0.4 is 5.73 Å². The van der Waals surface area contributed by atoms with Crippen LogP contribution in [0.1, 0.15) is 34.7 Å². The summed E-state index contributed by atoms with van der Waals surface area (Å²) in [5, 5.41) is 8.82. The van der Waals surface area contributed by atoms with Gasteiger partial charge >= 0.3 is 12.1 Å². The number of hydrogen-bond acceptors (Lipinski definition) is 2. The first-order valence-electron chi connectivity index (χ1n) is 7.47.